The van der Waals surface area contributed by atoms with Crippen molar-refractivity contribution in [1.29, 1.82) is 0 Å². The Morgan fingerprint density at radius 3 is 2.95 bits per heavy atom. The van der Waals surface area contributed by atoms with Crippen molar-refractivity contribution < 1.29 is 9.53 Å². The van der Waals surface area contributed by atoms with Gasteiger partial charge in [0.05, 0.1) is 6.04 Å². The van der Waals surface area contributed by atoms with E-state index in [1.165, 1.54) is 0 Å². The molecule has 2 heterocycles. The highest BCUT2D eigenvalue weighted by Gasteiger charge is 2.29. The zero-order valence-corrected chi connectivity index (χ0v) is 12.2. The molecular formula is C17H22N2O2. The standard InChI is InChI=1S/C17H22N2O2/c20-16(12-13-4-1-2-5-13)19-15-6-3-11-21-17(15)14-7-9-18-10-8-14/h1,4,7-10,13,15,17H,2-3,5-6,11-12H2,(H,19,20)/t13?,15-,17+/m0/s1. The minimum atomic E-state index is -0.0511. The number of aromatic nitrogens is 1. The van der Waals surface area contributed by atoms with Gasteiger partial charge in [-0.3, -0.25) is 9.78 Å². The number of nitrogens with one attached hydrogen (secondary N) is 1. The molecule has 2 aliphatic rings. The highest BCUT2D eigenvalue weighted by Crippen LogP contribution is 2.28. The van der Waals surface area contributed by atoms with Crippen LogP contribution in [0.2, 0.25) is 0 Å². The largest absolute Gasteiger partial charge is 0.371 e. The maximum absolute atomic E-state index is 12.2. The number of allylic oxidation sites excluding steroid dienone is 2. The fourth-order valence-electron chi connectivity index (χ4n) is 3.18. The van der Waals surface area contributed by atoms with Gasteiger partial charge in [0, 0.05) is 25.4 Å². The van der Waals surface area contributed by atoms with Gasteiger partial charge in [-0.25, -0.2) is 0 Å². The number of hydrogen-bond donors (Lipinski definition) is 1. The highest BCUT2D eigenvalue weighted by atomic mass is 16.5. The molecule has 1 saturated heterocycles. The summed E-state index contributed by atoms with van der Waals surface area (Å²) in [5.74, 6) is 0.551. The number of carbonyl (C=O) groups is 1. The SMILES string of the molecule is O=C(CC1C=CCC1)N[C@H]1CCCO[C@@H]1c1ccncc1. The summed E-state index contributed by atoms with van der Waals surface area (Å²) in [4.78, 5) is 16.3. The fourth-order valence-corrected chi connectivity index (χ4v) is 3.18. The average molecular weight is 286 g/mol. The van der Waals surface area contributed by atoms with Gasteiger partial charge in [0.15, 0.2) is 0 Å². The summed E-state index contributed by atoms with van der Waals surface area (Å²) in [7, 11) is 0. The maximum Gasteiger partial charge on any atom is 0.220 e. The van der Waals surface area contributed by atoms with E-state index in [9.17, 15) is 4.79 Å². The molecule has 1 unspecified atom stereocenters. The van der Waals surface area contributed by atoms with E-state index in [2.05, 4.69) is 22.5 Å². The maximum atomic E-state index is 12.2. The van der Waals surface area contributed by atoms with Crippen LogP contribution in [-0.4, -0.2) is 23.5 Å². The molecule has 3 rings (SSSR count). The second-order valence-corrected chi connectivity index (χ2v) is 5.86. The van der Waals surface area contributed by atoms with Crippen LogP contribution in [-0.2, 0) is 9.53 Å². The van der Waals surface area contributed by atoms with Crippen LogP contribution < -0.4 is 5.32 Å². The summed E-state index contributed by atoms with van der Waals surface area (Å²) in [6.07, 6.45) is 12.6. The van der Waals surface area contributed by atoms with Crippen molar-refractivity contribution in [3.63, 3.8) is 0 Å². The van der Waals surface area contributed by atoms with Gasteiger partial charge < -0.3 is 10.1 Å². The lowest BCUT2D eigenvalue weighted by atomic mass is 9.96. The first-order valence-corrected chi connectivity index (χ1v) is 7.80. The molecule has 0 radical (unpaired) electrons. The molecule has 0 bridgehead atoms. The predicted molar refractivity (Wildman–Crippen MR) is 80.6 cm³/mol. The Hall–Kier alpha value is -1.68. The van der Waals surface area contributed by atoms with Crippen LogP contribution in [0.3, 0.4) is 0 Å². The summed E-state index contributed by atoms with van der Waals surface area (Å²) in [5.41, 5.74) is 1.09. The van der Waals surface area contributed by atoms with Crippen molar-refractivity contribution >= 4 is 5.91 Å². The zero-order valence-electron chi connectivity index (χ0n) is 12.2. The summed E-state index contributed by atoms with van der Waals surface area (Å²) >= 11 is 0. The van der Waals surface area contributed by atoms with E-state index < -0.39 is 0 Å². The first kappa shape index (κ1) is 14.3. The summed E-state index contributed by atoms with van der Waals surface area (Å²) in [6, 6.07) is 4.00. The normalized spacial score (nSPS) is 28.5. The molecule has 1 aromatic heterocycles. The lowest BCUT2D eigenvalue weighted by Gasteiger charge is -2.32. The monoisotopic (exact) mass is 286 g/mol. The van der Waals surface area contributed by atoms with Crippen LogP contribution in [0.5, 0.6) is 0 Å². The van der Waals surface area contributed by atoms with E-state index in [-0.39, 0.29) is 18.1 Å². The van der Waals surface area contributed by atoms with E-state index in [0.29, 0.717) is 12.3 Å². The topological polar surface area (TPSA) is 51.2 Å². The van der Waals surface area contributed by atoms with Crippen LogP contribution in [0.4, 0.5) is 0 Å². The minimum Gasteiger partial charge on any atom is -0.371 e. The lowest BCUT2D eigenvalue weighted by molar-refractivity contribution is -0.124. The van der Waals surface area contributed by atoms with Crippen LogP contribution in [0.25, 0.3) is 0 Å². The highest BCUT2D eigenvalue weighted by molar-refractivity contribution is 5.77. The van der Waals surface area contributed by atoms with Gasteiger partial charge >= 0.3 is 0 Å². The Morgan fingerprint density at radius 2 is 2.19 bits per heavy atom. The number of hydrogen-bond acceptors (Lipinski definition) is 3. The molecule has 1 fully saturated rings. The zero-order chi connectivity index (χ0) is 14.5. The molecule has 21 heavy (non-hydrogen) atoms. The van der Waals surface area contributed by atoms with Gasteiger partial charge in [-0.2, -0.15) is 0 Å². The molecule has 3 atom stereocenters. The van der Waals surface area contributed by atoms with Crippen molar-refractivity contribution in [2.75, 3.05) is 6.61 Å². The third kappa shape index (κ3) is 3.70. The Kier molecular flexibility index (Phi) is 4.65. The van der Waals surface area contributed by atoms with E-state index >= 15 is 0 Å². The molecule has 1 aliphatic carbocycles. The minimum absolute atomic E-state index is 0.0511. The molecule has 1 aliphatic heterocycles. The van der Waals surface area contributed by atoms with Crippen molar-refractivity contribution in [3.05, 3.63) is 42.2 Å². The second-order valence-electron chi connectivity index (χ2n) is 5.86. The van der Waals surface area contributed by atoms with E-state index in [4.69, 9.17) is 4.74 Å². The predicted octanol–water partition coefficient (Wildman–Crippen LogP) is 2.77. The molecule has 1 amide bonds. The third-order valence-corrected chi connectivity index (χ3v) is 4.26. The van der Waals surface area contributed by atoms with Crippen LogP contribution in [0.15, 0.2) is 36.7 Å². The molecular weight excluding hydrogens is 264 g/mol. The lowest BCUT2D eigenvalue weighted by Crippen LogP contribution is -2.43. The summed E-state index contributed by atoms with van der Waals surface area (Å²) in [6.45, 7) is 0.755. The number of pyridine rings is 1. The first-order chi connectivity index (χ1) is 10.3. The number of ether oxygens (including phenoxy) is 1. The van der Waals surface area contributed by atoms with Gasteiger partial charge in [-0.1, -0.05) is 12.2 Å². The van der Waals surface area contributed by atoms with Crippen molar-refractivity contribution in [2.24, 2.45) is 5.92 Å². The summed E-state index contributed by atoms with van der Waals surface area (Å²) in [5, 5.41) is 3.18. The number of amides is 1. The number of nitrogens with zero attached hydrogens (tertiary/aromatic N) is 1. The molecule has 4 nitrogen and oxygen atoms in total. The molecule has 0 saturated carbocycles. The quantitative estimate of drug-likeness (QED) is 0.866. The molecule has 0 spiro atoms. The van der Waals surface area contributed by atoms with Crippen molar-refractivity contribution in [1.82, 2.24) is 10.3 Å². The Morgan fingerprint density at radius 1 is 1.33 bits per heavy atom. The number of carbonyl (C=O) groups excluding carboxylic acids is 1. The van der Waals surface area contributed by atoms with Gasteiger partial charge in [-0.05, 0) is 49.3 Å². The van der Waals surface area contributed by atoms with Gasteiger partial charge in [0.25, 0.3) is 0 Å². The molecule has 1 aromatic rings. The van der Waals surface area contributed by atoms with E-state index in [0.717, 1.165) is 37.9 Å². The Bertz CT molecular complexity index is 501. The molecule has 112 valence electrons. The second kappa shape index (κ2) is 6.85. The third-order valence-electron chi connectivity index (χ3n) is 4.26. The smallest absolute Gasteiger partial charge is 0.220 e. The average Bonchev–Trinajstić information content (AvgIpc) is 3.01. The summed E-state index contributed by atoms with van der Waals surface area (Å²) < 4.78 is 5.89. The van der Waals surface area contributed by atoms with E-state index in [1.807, 2.05) is 12.1 Å². The van der Waals surface area contributed by atoms with Crippen molar-refractivity contribution in [3.8, 4) is 0 Å². The fraction of sp³-hybridized carbons (Fsp3) is 0.529. The van der Waals surface area contributed by atoms with Crippen LogP contribution in [0, 0.1) is 5.92 Å². The Balaban J connectivity index is 1.61. The molecule has 0 aromatic carbocycles. The van der Waals surface area contributed by atoms with Gasteiger partial charge in [-0.15, -0.1) is 0 Å². The molecule has 1 N–H and O–H groups in total. The molecule has 4 heteroatoms. The first-order valence-electron chi connectivity index (χ1n) is 7.80. The van der Waals surface area contributed by atoms with E-state index in [1.54, 1.807) is 12.4 Å². The Labute approximate surface area is 125 Å². The van der Waals surface area contributed by atoms with Gasteiger partial charge in [0.1, 0.15) is 6.10 Å². The number of rotatable bonds is 4. The van der Waals surface area contributed by atoms with Crippen LogP contribution >= 0.6 is 0 Å². The van der Waals surface area contributed by atoms with Crippen molar-refractivity contribution in [2.45, 2.75) is 44.2 Å². The van der Waals surface area contributed by atoms with Crippen LogP contribution in [0.1, 0.15) is 43.8 Å². The van der Waals surface area contributed by atoms with Gasteiger partial charge in [0.2, 0.25) is 5.91 Å².